The molecule has 0 atom stereocenters. The van der Waals surface area contributed by atoms with Crippen molar-refractivity contribution in [2.75, 3.05) is 16.8 Å². The second-order valence-electron chi connectivity index (χ2n) is 3.37. The minimum absolute atomic E-state index is 0.0384. The zero-order valence-corrected chi connectivity index (χ0v) is 10.8. The van der Waals surface area contributed by atoms with E-state index in [-0.39, 0.29) is 23.2 Å². The Labute approximate surface area is 111 Å². The molecule has 0 saturated heterocycles. The third-order valence-electron chi connectivity index (χ3n) is 1.87. The number of rotatable bonds is 6. The van der Waals surface area contributed by atoms with Crippen molar-refractivity contribution in [1.82, 2.24) is 10.2 Å². The molecule has 1 heterocycles. The van der Waals surface area contributed by atoms with Gasteiger partial charge in [0.1, 0.15) is 5.15 Å². The second-order valence-corrected chi connectivity index (χ2v) is 4.98. The van der Waals surface area contributed by atoms with Gasteiger partial charge in [-0.3, -0.25) is 9.89 Å². The van der Waals surface area contributed by atoms with Crippen LogP contribution in [0.25, 0.3) is 0 Å². The van der Waals surface area contributed by atoms with Crippen molar-refractivity contribution < 1.29 is 18.0 Å². The zero-order valence-electron chi connectivity index (χ0n) is 9.18. The Morgan fingerprint density at radius 1 is 1.50 bits per heavy atom. The lowest BCUT2D eigenvalue weighted by Crippen LogP contribution is -2.13. The number of halogens is 4. The molecule has 0 spiro atoms. The SMILES string of the molecule is O=C(CCSCCC(F)(F)F)Nc1cn[nH]c1Cl. The molecule has 1 amide bonds. The van der Waals surface area contributed by atoms with Crippen molar-refractivity contribution in [3.05, 3.63) is 11.3 Å². The standard InChI is InChI=1S/C9H11ClF3N3OS/c10-8-6(5-14-16-8)15-7(17)1-3-18-4-2-9(11,12)13/h5H,1-4H2,(H,14,16)(H,15,17). The Hall–Kier alpha value is -0.890. The molecule has 0 aliphatic rings. The summed E-state index contributed by atoms with van der Waals surface area (Å²) in [6, 6.07) is 0. The van der Waals surface area contributed by atoms with Crippen LogP contribution in [0.5, 0.6) is 0 Å². The number of thioether (sulfide) groups is 1. The number of hydrogen-bond donors (Lipinski definition) is 2. The first-order valence-electron chi connectivity index (χ1n) is 5.01. The number of alkyl halides is 3. The van der Waals surface area contributed by atoms with Gasteiger partial charge in [0, 0.05) is 17.9 Å². The summed E-state index contributed by atoms with van der Waals surface area (Å²) in [6.07, 6.45) is -3.49. The topological polar surface area (TPSA) is 57.8 Å². The predicted molar refractivity (Wildman–Crippen MR) is 64.8 cm³/mol. The molecule has 0 aliphatic heterocycles. The van der Waals surface area contributed by atoms with E-state index in [4.69, 9.17) is 11.6 Å². The molecular weight excluding hydrogens is 291 g/mol. The van der Waals surface area contributed by atoms with Gasteiger partial charge in [0.05, 0.1) is 18.3 Å². The average Bonchev–Trinajstić information content (AvgIpc) is 2.62. The summed E-state index contributed by atoms with van der Waals surface area (Å²) in [4.78, 5) is 11.4. The average molecular weight is 302 g/mol. The molecule has 9 heteroatoms. The van der Waals surface area contributed by atoms with Crippen LogP contribution >= 0.6 is 23.4 Å². The molecule has 2 N–H and O–H groups in total. The Balaban J connectivity index is 2.13. The number of aromatic amines is 1. The minimum Gasteiger partial charge on any atom is -0.322 e. The van der Waals surface area contributed by atoms with E-state index >= 15 is 0 Å². The number of amides is 1. The van der Waals surface area contributed by atoms with Gasteiger partial charge in [0.2, 0.25) is 5.91 Å². The van der Waals surface area contributed by atoms with Crippen LogP contribution in [-0.4, -0.2) is 33.8 Å². The smallest absolute Gasteiger partial charge is 0.322 e. The first-order chi connectivity index (χ1) is 8.38. The molecule has 0 fully saturated rings. The zero-order chi connectivity index (χ0) is 13.6. The normalized spacial score (nSPS) is 11.6. The Bertz CT molecular complexity index is 397. The van der Waals surface area contributed by atoms with Crippen molar-refractivity contribution >= 4 is 35.0 Å². The van der Waals surface area contributed by atoms with Crippen LogP contribution in [0, 0.1) is 0 Å². The Morgan fingerprint density at radius 3 is 2.78 bits per heavy atom. The fraction of sp³-hybridized carbons (Fsp3) is 0.556. The van der Waals surface area contributed by atoms with E-state index in [0.29, 0.717) is 11.4 Å². The van der Waals surface area contributed by atoms with Crippen LogP contribution < -0.4 is 5.32 Å². The van der Waals surface area contributed by atoms with Crippen molar-refractivity contribution in [3.8, 4) is 0 Å². The maximum absolute atomic E-state index is 11.8. The number of carbonyl (C=O) groups is 1. The number of H-pyrrole nitrogens is 1. The maximum Gasteiger partial charge on any atom is 0.389 e. The van der Waals surface area contributed by atoms with Gasteiger partial charge in [-0.05, 0) is 0 Å². The lowest BCUT2D eigenvalue weighted by Gasteiger charge is -2.05. The van der Waals surface area contributed by atoms with E-state index in [1.807, 2.05) is 0 Å². The molecule has 102 valence electrons. The predicted octanol–water partition coefficient (Wildman–Crippen LogP) is 3.08. The van der Waals surface area contributed by atoms with E-state index < -0.39 is 12.6 Å². The molecule has 1 aromatic heterocycles. The molecule has 1 aromatic rings. The summed E-state index contributed by atoms with van der Waals surface area (Å²) in [6.45, 7) is 0. The molecule has 4 nitrogen and oxygen atoms in total. The highest BCUT2D eigenvalue weighted by Gasteiger charge is 2.26. The number of hydrogen-bond acceptors (Lipinski definition) is 3. The fourth-order valence-electron chi connectivity index (χ4n) is 1.03. The lowest BCUT2D eigenvalue weighted by molar-refractivity contribution is -0.129. The molecule has 0 saturated carbocycles. The summed E-state index contributed by atoms with van der Waals surface area (Å²) in [7, 11) is 0. The number of aromatic nitrogens is 2. The van der Waals surface area contributed by atoms with E-state index in [2.05, 4.69) is 15.5 Å². The summed E-state index contributed by atoms with van der Waals surface area (Å²) in [5.41, 5.74) is 0.363. The lowest BCUT2D eigenvalue weighted by atomic mass is 10.4. The number of anilines is 1. The summed E-state index contributed by atoms with van der Waals surface area (Å²) < 4.78 is 35.5. The largest absolute Gasteiger partial charge is 0.389 e. The van der Waals surface area contributed by atoms with Gasteiger partial charge < -0.3 is 5.32 Å². The quantitative estimate of drug-likeness (QED) is 0.794. The van der Waals surface area contributed by atoms with Crippen LogP contribution in [0.2, 0.25) is 5.15 Å². The third-order valence-corrected chi connectivity index (χ3v) is 3.14. The summed E-state index contributed by atoms with van der Waals surface area (Å²) in [5.74, 6) is -0.0153. The third kappa shape index (κ3) is 6.15. The molecular formula is C9H11ClF3N3OS. The summed E-state index contributed by atoms with van der Waals surface area (Å²) in [5, 5.41) is 8.76. The highest BCUT2D eigenvalue weighted by molar-refractivity contribution is 7.99. The van der Waals surface area contributed by atoms with Crippen molar-refractivity contribution in [1.29, 1.82) is 0 Å². The van der Waals surface area contributed by atoms with Crippen LogP contribution in [0.1, 0.15) is 12.8 Å². The van der Waals surface area contributed by atoms with Gasteiger partial charge >= 0.3 is 6.18 Å². The number of carbonyl (C=O) groups excluding carboxylic acids is 1. The van der Waals surface area contributed by atoms with Crippen LogP contribution in [0.3, 0.4) is 0 Å². The van der Waals surface area contributed by atoms with E-state index in [1.54, 1.807) is 0 Å². The fourth-order valence-corrected chi connectivity index (χ4v) is 2.08. The van der Waals surface area contributed by atoms with Crippen molar-refractivity contribution in [2.45, 2.75) is 19.0 Å². The highest BCUT2D eigenvalue weighted by Crippen LogP contribution is 2.22. The van der Waals surface area contributed by atoms with Gasteiger partial charge in [-0.15, -0.1) is 0 Å². The monoisotopic (exact) mass is 301 g/mol. The Morgan fingerprint density at radius 2 is 2.22 bits per heavy atom. The van der Waals surface area contributed by atoms with E-state index in [1.165, 1.54) is 6.20 Å². The van der Waals surface area contributed by atoms with Gasteiger partial charge in [0.15, 0.2) is 0 Å². The molecule has 0 bridgehead atoms. The summed E-state index contributed by atoms with van der Waals surface area (Å²) >= 11 is 6.74. The Kier molecular flexibility index (Phi) is 5.80. The number of nitrogens with one attached hydrogen (secondary N) is 2. The van der Waals surface area contributed by atoms with E-state index in [0.717, 1.165) is 11.8 Å². The molecule has 0 aromatic carbocycles. The highest BCUT2D eigenvalue weighted by atomic mass is 35.5. The van der Waals surface area contributed by atoms with Crippen LogP contribution in [-0.2, 0) is 4.79 Å². The maximum atomic E-state index is 11.8. The first kappa shape index (κ1) is 15.2. The molecule has 0 aliphatic carbocycles. The van der Waals surface area contributed by atoms with Crippen LogP contribution in [0.15, 0.2) is 6.20 Å². The van der Waals surface area contributed by atoms with Gasteiger partial charge in [0.25, 0.3) is 0 Å². The van der Waals surface area contributed by atoms with Gasteiger partial charge in [-0.25, -0.2) is 0 Å². The van der Waals surface area contributed by atoms with Gasteiger partial charge in [-0.1, -0.05) is 11.6 Å². The van der Waals surface area contributed by atoms with Crippen LogP contribution in [0.4, 0.5) is 18.9 Å². The van der Waals surface area contributed by atoms with Gasteiger partial charge in [-0.2, -0.15) is 30.0 Å². The molecule has 0 unspecified atom stereocenters. The molecule has 0 radical (unpaired) electrons. The molecule has 1 rings (SSSR count). The number of nitrogens with zero attached hydrogens (tertiary/aromatic N) is 1. The van der Waals surface area contributed by atoms with E-state index in [9.17, 15) is 18.0 Å². The van der Waals surface area contributed by atoms with Crippen molar-refractivity contribution in [2.24, 2.45) is 0 Å². The van der Waals surface area contributed by atoms with Crippen molar-refractivity contribution in [3.63, 3.8) is 0 Å². The second kappa shape index (κ2) is 6.89. The minimum atomic E-state index is -4.14. The first-order valence-corrected chi connectivity index (χ1v) is 6.55. The molecule has 18 heavy (non-hydrogen) atoms.